The highest BCUT2D eigenvalue weighted by atomic mass is 32.2. The zero-order valence-corrected chi connectivity index (χ0v) is 16.2. The van der Waals surface area contributed by atoms with E-state index >= 15 is 0 Å². The summed E-state index contributed by atoms with van der Waals surface area (Å²) in [5.74, 6) is 1.77. The molecule has 3 aromatic rings. The molecule has 0 saturated heterocycles. The number of nitrogens with zero attached hydrogens (tertiary/aromatic N) is 1. The topological polar surface area (TPSA) is 84.1 Å². The maximum Gasteiger partial charge on any atom is 0.281 e. The summed E-state index contributed by atoms with van der Waals surface area (Å²) in [5.41, 5.74) is 2.64. The molecule has 0 atom stereocenters. The number of para-hydroxylation sites is 1. The second kappa shape index (κ2) is 8.48. The van der Waals surface area contributed by atoms with Gasteiger partial charge in [-0.05, 0) is 55.2 Å². The van der Waals surface area contributed by atoms with Crippen molar-refractivity contribution in [2.24, 2.45) is 0 Å². The molecule has 4 rings (SSSR count). The highest BCUT2D eigenvalue weighted by Crippen LogP contribution is 2.27. The minimum absolute atomic E-state index is 0.0703. The van der Waals surface area contributed by atoms with Gasteiger partial charge in [-0.25, -0.2) is 0 Å². The van der Waals surface area contributed by atoms with Crippen LogP contribution in [-0.4, -0.2) is 28.2 Å². The number of thioether (sulfide) groups is 1. The van der Waals surface area contributed by atoms with E-state index in [1.165, 1.54) is 0 Å². The first-order valence-corrected chi connectivity index (χ1v) is 10.3. The van der Waals surface area contributed by atoms with Crippen molar-refractivity contribution in [3.05, 3.63) is 58.4 Å². The molecule has 1 aromatic heterocycles. The first kappa shape index (κ1) is 18.6. The molecule has 0 saturated carbocycles. The maximum absolute atomic E-state index is 12.0. The van der Waals surface area contributed by atoms with Crippen LogP contribution in [-0.2, 0) is 11.2 Å². The molecule has 0 aliphatic carbocycles. The van der Waals surface area contributed by atoms with Gasteiger partial charge >= 0.3 is 0 Å². The molecule has 28 heavy (non-hydrogen) atoms. The van der Waals surface area contributed by atoms with Crippen molar-refractivity contribution in [1.29, 1.82) is 0 Å². The van der Waals surface area contributed by atoms with Crippen LogP contribution in [0.1, 0.15) is 24.8 Å². The molecule has 7 heteroatoms. The summed E-state index contributed by atoms with van der Waals surface area (Å²) in [4.78, 5) is 30.7. The van der Waals surface area contributed by atoms with Crippen LogP contribution in [0.5, 0.6) is 5.75 Å². The van der Waals surface area contributed by atoms with Crippen molar-refractivity contribution >= 4 is 34.3 Å². The fourth-order valence-corrected chi connectivity index (χ4v) is 4.03. The second-order valence-corrected chi connectivity index (χ2v) is 7.75. The number of nitrogens with one attached hydrogen (secondary N) is 2. The Morgan fingerprint density at radius 3 is 2.89 bits per heavy atom. The lowest BCUT2D eigenvalue weighted by Gasteiger charge is -2.17. The van der Waals surface area contributed by atoms with Crippen LogP contribution >= 0.6 is 11.8 Å². The predicted molar refractivity (Wildman–Crippen MR) is 111 cm³/mol. The molecule has 2 aromatic carbocycles. The Hall–Kier alpha value is -2.80. The number of benzene rings is 2. The van der Waals surface area contributed by atoms with Gasteiger partial charge in [-0.1, -0.05) is 23.9 Å². The van der Waals surface area contributed by atoms with Gasteiger partial charge in [0.1, 0.15) is 5.75 Å². The van der Waals surface area contributed by atoms with E-state index in [1.807, 2.05) is 36.4 Å². The summed E-state index contributed by atoms with van der Waals surface area (Å²) in [6.07, 6.45) is 3.16. The van der Waals surface area contributed by atoms with Gasteiger partial charge in [-0.15, -0.1) is 0 Å². The molecule has 0 bridgehead atoms. The lowest BCUT2D eigenvalue weighted by Crippen LogP contribution is -2.18. The Kier molecular flexibility index (Phi) is 5.62. The average molecular weight is 395 g/mol. The standard InChI is InChI=1S/C21H21N3O3S/c25-19-10-7-14-13-15(8-9-17(14)22-19)27-11-3-4-12-28-21-23-18-6-2-1-5-16(18)20(26)24-21/h1-2,5-6,8-9,13H,3-4,7,10-12H2,(H,22,25)(H,23,24,26). The van der Waals surface area contributed by atoms with Gasteiger partial charge < -0.3 is 15.0 Å². The number of carbonyl (C=O) groups excluding carboxylic acids is 1. The van der Waals surface area contributed by atoms with Crippen LogP contribution in [0.4, 0.5) is 5.69 Å². The third-order valence-electron chi connectivity index (χ3n) is 4.62. The van der Waals surface area contributed by atoms with Gasteiger partial charge in [0.25, 0.3) is 5.56 Å². The van der Waals surface area contributed by atoms with Crippen LogP contribution in [0.15, 0.2) is 52.4 Å². The summed E-state index contributed by atoms with van der Waals surface area (Å²) in [6, 6.07) is 13.2. The predicted octanol–water partition coefficient (Wildman–Crippen LogP) is 3.76. The van der Waals surface area contributed by atoms with Crippen molar-refractivity contribution in [2.75, 3.05) is 17.7 Å². The summed E-state index contributed by atoms with van der Waals surface area (Å²) >= 11 is 1.55. The van der Waals surface area contributed by atoms with Crippen molar-refractivity contribution < 1.29 is 9.53 Å². The molecule has 0 spiro atoms. The third-order valence-corrected chi connectivity index (χ3v) is 5.58. The van der Waals surface area contributed by atoms with E-state index in [4.69, 9.17) is 4.74 Å². The van der Waals surface area contributed by atoms with Crippen LogP contribution in [0.25, 0.3) is 10.9 Å². The van der Waals surface area contributed by atoms with Crippen molar-refractivity contribution in [3.8, 4) is 5.75 Å². The van der Waals surface area contributed by atoms with Gasteiger partial charge in [-0.3, -0.25) is 9.59 Å². The molecule has 0 unspecified atom stereocenters. The van der Waals surface area contributed by atoms with Crippen LogP contribution < -0.4 is 15.6 Å². The minimum atomic E-state index is -0.191. The number of hydrogen-bond donors (Lipinski definition) is 2. The third kappa shape index (κ3) is 4.36. The zero-order chi connectivity index (χ0) is 19.3. The molecular formula is C21H21N3O3S. The van der Waals surface area contributed by atoms with Crippen molar-refractivity contribution in [1.82, 2.24) is 9.97 Å². The molecule has 1 aliphatic rings. The number of aryl methyl sites for hydroxylation is 1. The number of amides is 1. The van der Waals surface area contributed by atoms with Gasteiger partial charge in [-0.2, -0.15) is 4.98 Å². The van der Waals surface area contributed by atoms with E-state index in [-0.39, 0.29) is 11.5 Å². The number of hydrogen-bond acceptors (Lipinski definition) is 5. The molecule has 1 aliphatic heterocycles. The van der Waals surface area contributed by atoms with Gasteiger partial charge in [0.15, 0.2) is 5.16 Å². The molecular weight excluding hydrogens is 374 g/mol. The number of anilines is 1. The highest BCUT2D eigenvalue weighted by molar-refractivity contribution is 7.99. The number of fused-ring (bicyclic) bond motifs is 2. The quantitative estimate of drug-likeness (QED) is 0.362. The first-order valence-electron chi connectivity index (χ1n) is 9.36. The number of aromatic nitrogens is 2. The largest absolute Gasteiger partial charge is 0.494 e. The molecule has 2 heterocycles. The summed E-state index contributed by atoms with van der Waals surface area (Å²) in [5, 5.41) is 4.14. The van der Waals surface area contributed by atoms with Gasteiger partial charge in [0, 0.05) is 17.9 Å². The molecule has 2 N–H and O–H groups in total. The Balaban J connectivity index is 1.22. The molecule has 0 fully saturated rings. The number of ether oxygens (including phenoxy) is 1. The Morgan fingerprint density at radius 2 is 1.96 bits per heavy atom. The lowest BCUT2D eigenvalue weighted by atomic mass is 10.0. The SMILES string of the molecule is O=C1CCc2cc(OCCCCSc3nc(=O)c4ccccc4[nH]3)ccc2N1. The number of aromatic amines is 1. The Labute approximate surface area is 166 Å². The number of H-pyrrole nitrogens is 1. The zero-order valence-electron chi connectivity index (χ0n) is 15.4. The van der Waals surface area contributed by atoms with Gasteiger partial charge in [0.2, 0.25) is 5.91 Å². The fraction of sp³-hybridized carbons (Fsp3) is 0.286. The summed E-state index contributed by atoms with van der Waals surface area (Å²) in [7, 11) is 0. The normalized spacial score (nSPS) is 13.2. The average Bonchev–Trinajstić information content (AvgIpc) is 2.70. The molecule has 0 radical (unpaired) electrons. The maximum atomic E-state index is 12.0. The number of unbranched alkanes of at least 4 members (excludes halogenated alkanes) is 1. The minimum Gasteiger partial charge on any atom is -0.494 e. The monoisotopic (exact) mass is 395 g/mol. The van der Waals surface area contributed by atoms with Crippen LogP contribution in [0, 0.1) is 0 Å². The molecule has 1 amide bonds. The van der Waals surface area contributed by atoms with E-state index in [0.717, 1.165) is 47.5 Å². The lowest BCUT2D eigenvalue weighted by molar-refractivity contribution is -0.116. The van der Waals surface area contributed by atoms with E-state index in [2.05, 4.69) is 15.3 Å². The fourth-order valence-electron chi connectivity index (χ4n) is 3.16. The number of rotatable bonds is 7. The second-order valence-electron chi connectivity index (χ2n) is 6.66. The molecule has 144 valence electrons. The van der Waals surface area contributed by atoms with E-state index in [9.17, 15) is 9.59 Å². The first-order chi connectivity index (χ1) is 13.7. The highest BCUT2D eigenvalue weighted by Gasteiger charge is 2.14. The Morgan fingerprint density at radius 1 is 1.07 bits per heavy atom. The van der Waals surface area contributed by atoms with Crippen LogP contribution in [0.3, 0.4) is 0 Å². The summed E-state index contributed by atoms with van der Waals surface area (Å²) < 4.78 is 5.83. The molecule has 6 nitrogen and oxygen atoms in total. The smallest absolute Gasteiger partial charge is 0.281 e. The van der Waals surface area contributed by atoms with E-state index in [1.54, 1.807) is 17.8 Å². The van der Waals surface area contributed by atoms with E-state index < -0.39 is 0 Å². The van der Waals surface area contributed by atoms with Gasteiger partial charge in [0.05, 0.1) is 17.5 Å². The van der Waals surface area contributed by atoms with Crippen molar-refractivity contribution in [2.45, 2.75) is 30.8 Å². The Bertz CT molecular complexity index is 1060. The summed E-state index contributed by atoms with van der Waals surface area (Å²) in [6.45, 7) is 0.632. The van der Waals surface area contributed by atoms with Crippen LogP contribution in [0.2, 0.25) is 0 Å². The van der Waals surface area contributed by atoms with Crippen molar-refractivity contribution in [3.63, 3.8) is 0 Å². The number of carbonyl (C=O) groups is 1. The van der Waals surface area contributed by atoms with E-state index in [0.29, 0.717) is 23.6 Å².